The fraction of sp³-hybridized carbons (Fsp3) is 0.429. The largest absolute Gasteiger partial charge is 0.573 e. The first-order valence-electron chi connectivity index (χ1n) is 6.10. The van der Waals surface area contributed by atoms with E-state index in [0.29, 0.717) is 5.56 Å². The van der Waals surface area contributed by atoms with Gasteiger partial charge in [-0.1, -0.05) is 36.8 Å². The highest BCUT2D eigenvalue weighted by molar-refractivity contribution is 5.60. The number of nitrogens with one attached hydrogen (secondary N) is 1. The van der Waals surface area contributed by atoms with E-state index >= 15 is 0 Å². The summed E-state index contributed by atoms with van der Waals surface area (Å²) in [5.41, 5.74) is 1.36. The molecule has 5 heteroatoms. The summed E-state index contributed by atoms with van der Waals surface area (Å²) in [5, 5.41) is 3.20. The quantitative estimate of drug-likeness (QED) is 0.876. The Morgan fingerprint density at radius 3 is 2.58 bits per heavy atom. The van der Waals surface area contributed by atoms with Gasteiger partial charge in [0, 0.05) is 11.6 Å². The van der Waals surface area contributed by atoms with Crippen LogP contribution in [-0.2, 0) is 0 Å². The van der Waals surface area contributed by atoms with Crippen molar-refractivity contribution in [3.8, 4) is 5.75 Å². The summed E-state index contributed by atoms with van der Waals surface area (Å²) in [6.45, 7) is 6.61. The normalized spacial score (nSPS) is 14.3. The van der Waals surface area contributed by atoms with Gasteiger partial charge < -0.3 is 10.1 Å². The first-order chi connectivity index (χ1) is 8.83. The first-order valence-corrected chi connectivity index (χ1v) is 6.10. The summed E-state index contributed by atoms with van der Waals surface area (Å²) in [6, 6.07) is 6.21. The lowest BCUT2D eigenvalue weighted by atomic mass is 10.1. The fourth-order valence-electron chi connectivity index (χ4n) is 1.65. The Bertz CT molecular complexity index is 441. The van der Waals surface area contributed by atoms with Crippen LogP contribution in [0.3, 0.4) is 0 Å². The molecule has 1 unspecified atom stereocenters. The zero-order valence-electron chi connectivity index (χ0n) is 11.2. The lowest BCUT2D eigenvalue weighted by Crippen LogP contribution is -2.26. The van der Waals surface area contributed by atoms with E-state index in [9.17, 15) is 13.2 Å². The number of alkyl halides is 3. The van der Waals surface area contributed by atoms with Crippen molar-refractivity contribution in [1.29, 1.82) is 0 Å². The molecule has 0 saturated carbocycles. The molecule has 0 saturated heterocycles. The molecule has 0 aliphatic rings. The Labute approximate surface area is 111 Å². The summed E-state index contributed by atoms with van der Waals surface area (Å²) in [4.78, 5) is 0. The van der Waals surface area contributed by atoms with Gasteiger partial charge in [-0.05, 0) is 26.5 Å². The summed E-state index contributed by atoms with van der Waals surface area (Å²) >= 11 is 0. The molecule has 19 heavy (non-hydrogen) atoms. The van der Waals surface area contributed by atoms with Gasteiger partial charge in [0.2, 0.25) is 0 Å². The van der Waals surface area contributed by atoms with E-state index < -0.39 is 6.36 Å². The minimum absolute atomic E-state index is 0.101. The van der Waals surface area contributed by atoms with Crippen LogP contribution < -0.4 is 10.1 Å². The predicted octanol–water partition coefficient (Wildman–Crippen LogP) is 3.99. The Hall–Kier alpha value is -1.49. The van der Waals surface area contributed by atoms with Crippen LogP contribution in [0.1, 0.15) is 26.3 Å². The van der Waals surface area contributed by atoms with Gasteiger partial charge in [0.1, 0.15) is 5.75 Å². The highest BCUT2D eigenvalue weighted by Gasteiger charge is 2.31. The van der Waals surface area contributed by atoms with Crippen molar-refractivity contribution in [1.82, 2.24) is 5.32 Å². The molecule has 1 rings (SSSR count). The first kappa shape index (κ1) is 15.6. The average molecular weight is 273 g/mol. The van der Waals surface area contributed by atoms with E-state index in [1.165, 1.54) is 12.1 Å². The third kappa shape index (κ3) is 5.34. The second kappa shape index (κ2) is 6.61. The maximum Gasteiger partial charge on any atom is 0.573 e. The summed E-state index contributed by atoms with van der Waals surface area (Å²) in [7, 11) is 0. The van der Waals surface area contributed by atoms with Crippen LogP contribution in [0.25, 0.3) is 6.08 Å². The number of hydrogen-bond donors (Lipinski definition) is 1. The molecule has 0 aromatic heterocycles. The number of para-hydroxylation sites is 1. The van der Waals surface area contributed by atoms with Crippen LogP contribution in [-0.4, -0.2) is 18.9 Å². The van der Waals surface area contributed by atoms with E-state index in [4.69, 9.17) is 0 Å². The minimum Gasteiger partial charge on any atom is -0.405 e. The van der Waals surface area contributed by atoms with Gasteiger partial charge in [0.05, 0.1) is 0 Å². The molecule has 0 aliphatic heterocycles. The Morgan fingerprint density at radius 2 is 2.00 bits per heavy atom. The molecular formula is C14H18F3NO. The predicted molar refractivity (Wildman–Crippen MR) is 69.9 cm³/mol. The molecule has 0 fully saturated rings. The summed E-state index contributed by atoms with van der Waals surface area (Å²) in [5.74, 6) is -0.182. The van der Waals surface area contributed by atoms with Crippen molar-refractivity contribution in [3.05, 3.63) is 35.4 Å². The second-order valence-electron chi connectivity index (χ2n) is 4.25. The summed E-state index contributed by atoms with van der Waals surface area (Å²) < 4.78 is 40.9. The minimum atomic E-state index is -4.68. The molecule has 2 nitrogen and oxygen atoms in total. The molecule has 1 aromatic carbocycles. The maximum atomic E-state index is 12.3. The Morgan fingerprint density at radius 1 is 1.37 bits per heavy atom. The van der Waals surface area contributed by atoms with Crippen LogP contribution in [0.5, 0.6) is 5.75 Å². The van der Waals surface area contributed by atoms with Gasteiger partial charge in [-0.25, -0.2) is 0 Å². The molecule has 0 amide bonds. The number of ether oxygens (including phenoxy) is 1. The third-order valence-corrected chi connectivity index (χ3v) is 2.72. The SMILES string of the molecule is CCNC(C)/C(C)=C/c1ccccc1OC(F)(F)F. The van der Waals surface area contributed by atoms with Gasteiger partial charge in [0.15, 0.2) is 0 Å². The zero-order chi connectivity index (χ0) is 14.5. The van der Waals surface area contributed by atoms with Crippen LogP contribution in [0.4, 0.5) is 13.2 Å². The van der Waals surface area contributed by atoms with Crippen LogP contribution in [0.2, 0.25) is 0 Å². The molecule has 106 valence electrons. The highest BCUT2D eigenvalue weighted by Crippen LogP contribution is 2.28. The van der Waals surface area contributed by atoms with Gasteiger partial charge in [-0.15, -0.1) is 13.2 Å². The number of halogens is 3. The lowest BCUT2D eigenvalue weighted by Gasteiger charge is -2.15. The van der Waals surface area contributed by atoms with E-state index in [2.05, 4.69) is 10.1 Å². The van der Waals surface area contributed by atoms with E-state index in [1.807, 2.05) is 20.8 Å². The molecule has 0 heterocycles. The van der Waals surface area contributed by atoms with Crippen molar-refractivity contribution >= 4 is 6.08 Å². The van der Waals surface area contributed by atoms with Crippen molar-refractivity contribution in [3.63, 3.8) is 0 Å². The van der Waals surface area contributed by atoms with E-state index in [-0.39, 0.29) is 11.8 Å². The zero-order valence-corrected chi connectivity index (χ0v) is 11.2. The molecule has 1 aromatic rings. The molecule has 0 radical (unpaired) electrons. The average Bonchev–Trinajstić information content (AvgIpc) is 2.30. The standard InChI is InChI=1S/C14H18F3NO/c1-4-18-11(3)10(2)9-12-7-5-6-8-13(12)19-14(15,16)17/h5-9,11,18H,4H2,1-3H3/b10-9+. The van der Waals surface area contributed by atoms with Gasteiger partial charge >= 0.3 is 6.36 Å². The van der Waals surface area contributed by atoms with E-state index in [1.54, 1.807) is 18.2 Å². The highest BCUT2D eigenvalue weighted by atomic mass is 19.4. The third-order valence-electron chi connectivity index (χ3n) is 2.72. The topological polar surface area (TPSA) is 21.3 Å². The van der Waals surface area contributed by atoms with Crippen molar-refractivity contribution < 1.29 is 17.9 Å². The molecule has 0 bridgehead atoms. The van der Waals surface area contributed by atoms with Crippen molar-refractivity contribution in [2.75, 3.05) is 6.54 Å². The maximum absolute atomic E-state index is 12.3. The van der Waals surface area contributed by atoms with Gasteiger partial charge in [-0.2, -0.15) is 0 Å². The van der Waals surface area contributed by atoms with Crippen LogP contribution in [0.15, 0.2) is 29.8 Å². The van der Waals surface area contributed by atoms with Crippen LogP contribution >= 0.6 is 0 Å². The number of rotatable bonds is 5. The van der Waals surface area contributed by atoms with E-state index in [0.717, 1.165) is 12.1 Å². The number of benzene rings is 1. The second-order valence-corrected chi connectivity index (χ2v) is 4.25. The fourth-order valence-corrected chi connectivity index (χ4v) is 1.65. The monoisotopic (exact) mass is 273 g/mol. The van der Waals surface area contributed by atoms with Crippen LogP contribution in [0, 0.1) is 0 Å². The van der Waals surface area contributed by atoms with Crippen molar-refractivity contribution in [2.45, 2.75) is 33.2 Å². The number of likely N-dealkylation sites (N-methyl/N-ethyl adjacent to an activating group) is 1. The molecular weight excluding hydrogens is 255 g/mol. The lowest BCUT2D eigenvalue weighted by molar-refractivity contribution is -0.274. The smallest absolute Gasteiger partial charge is 0.405 e. The molecule has 1 atom stereocenters. The molecule has 0 spiro atoms. The Kier molecular flexibility index (Phi) is 5.42. The molecule has 0 aliphatic carbocycles. The number of hydrogen-bond acceptors (Lipinski definition) is 2. The van der Waals surface area contributed by atoms with Gasteiger partial charge in [0.25, 0.3) is 0 Å². The Balaban J connectivity index is 2.97. The van der Waals surface area contributed by atoms with Gasteiger partial charge in [-0.3, -0.25) is 0 Å². The molecule has 1 N–H and O–H groups in total. The summed E-state index contributed by atoms with van der Waals surface area (Å²) in [6.07, 6.45) is -2.97. The van der Waals surface area contributed by atoms with Crippen molar-refractivity contribution in [2.24, 2.45) is 0 Å².